The van der Waals surface area contributed by atoms with Crippen LogP contribution in [-0.4, -0.2) is 9.78 Å². The first-order valence-electron chi connectivity index (χ1n) is 4.38. The molecule has 5 heteroatoms. The Kier molecular flexibility index (Phi) is 3.90. The van der Waals surface area contributed by atoms with E-state index in [0.717, 1.165) is 23.1 Å². The Morgan fingerprint density at radius 2 is 2.46 bits per heavy atom. The van der Waals surface area contributed by atoms with Crippen LogP contribution in [0.2, 0.25) is 0 Å². The van der Waals surface area contributed by atoms with Crippen LogP contribution < -0.4 is 11.3 Å². The molecule has 1 aromatic rings. The summed E-state index contributed by atoms with van der Waals surface area (Å²) in [4.78, 5) is 0. The van der Waals surface area contributed by atoms with Gasteiger partial charge in [-0.1, -0.05) is 6.92 Å². The molecule has 13 heavy (non-hydrogen) atoms. The smallest absolute Gasteiger partial charge is 0.0706 e. The zero-order valence-electron chi connectivity index (χ0n) is 7.92. The van der Waals surface area contributed by atoms with Gasteiger partial charge in [0, 0.05) is 6.54 Å². The third-order valence-electron chi connectivity index (χ3n) is 1.93. The van der Waals surface area contributed by atoms with Crippen molar-refractivity contribution in [1.82, 2.24) is 15.2 Å². The predicted molar refractivity (Wildman–Crippen MR) is 56.0 cm³/mol. The van der Waals surface area contributed by atoms with Crippen LogP contribution in [0.3, 0.4) is 0 Å². The monoisotopic (exact) mass is 246 g/mol. The van der Waals surface area contributed by atoms with Crippen LogP contribution in [0, 0.1) is 0 Å². The van der Waals surface area contributed by atoms with Gasteiger partial charge in [0.25, 0.3) is 0 Å². The number of hydrogen-bond acceptors (Lipinski definition) is 3. The number of halogens is 1. The molecule has 0 aliphatic carbocycles. The van der Waals surface area contributed by atoms with Crippen LogP contribution >= 0.6 is 15.9 Å². The minimum atomic E-state index is 0.114. The number of hydrazine groups is 1. The summed E-state index contributed by atoms with van der Waals surface area (Å²) >= 11 is 3.45. The van der Waals surface area contributed by atoms with Crippen LogP contribution in [-0.2, 0) is 6.54 Å². The number of hydrogen-bond donors (Lipinski definition) is 2. The number of aromatic nitrogens is 2. The van der Waals surface area contributed by atoms with Crippen LogP contribution in [0.4, 0.5) is 0 Å². The van der Waals surface area contributed by atoms with Crippen molar-refractivity contribution in [2.24, 2.45) is 5.84 Å². The quantitative estimate of drug-likeness (QED) is 0.627. The van der Waals surface area contributed by atoms with Gasteiger partial charge in [0.2, 0.25) is 0 Å². The summed E-state index contributed by atoms with van der Waals surface area (Å²) in [6.45, 7) is 5.06. The van der Waals surface area contributed by atoms with E-state index in [-0.39, 0.29) is 6.04 Å². The molecule has 1 unspecified atom stereocenters. The first-order chi connectivity index (χ1) is 6.20. The molecule has 4 nitrogen and oxygen atoms in total. The average molecular weight is 247 g/mol. The van der Waals surface area contributed by atoms with Gasteiger partial charge in [0.05, 0.1) is 22.4 Å². The lowest BCUT2D eigenvalue weighted by atomic mass is 10.2. The maximum absolute atomic E-state index is 5.39. The number of rotatable bonds is 4. The van der Waals surface area contributed by atoms with Crippen molar-refractivity contribution >= 4 is 15.9 Å². The second kappa shape index (κ2) is 4.74. The molecule has 1 atom stereocenters. The highest BCUT2D eigenvalue weighted by Gasteiger charge is 2.13. The first kappa shape index (κ1) is 10.7. The minimum absolute atomic E-state index is 0.114. The molecule has 1 rings (SSSR count). The molecule has 0 saturated heterocycles. The van der Waals surface area contributed by atoms with Gasteiger partial charge < -0.3 is 0 Å². The molecule has 0 amide bonds. The highest BCUT2D eigenvalue weighted by Crippen LogP contribution is 2.22. The molecule has 3 N–H and O–H groups in total. The van der Waals surface area contributed by atoms with Gasteiger partial charge in [0.1, 0.15) is 0 Å². The van der Waals surface area contributed by atoms with E-state index in [4.69, 9.17) is 5.84 Å². The molecule has 0 saturated carbocycles. The number of nitrogens with two attached hydrogens (primary N) is 1. The average Bonchev–Trinajstić information content (AvgIpc) is 2.47. The zero-order valence-corrected chi connectivity index (χ0v) is 9.50. The molecule has 0 aliphatic heterocycles. The van der Waals surface area contributed by atoms with Gasteiger partial charge in [0.15, 0.2) is 0 Å². The van der Waals surface area contributed by atoms with Crippen molar-refractivity contribution in [2.45, 2.75) is 32.9 Å². The van der Waals surface area contributed by atoms with Crippen molar-refractivity contribution in [3.8, 4) is 0 Å². The Bertz CT molecular complexity index is 271. The highest BCUT2D eigenvalue weighted by molar-refractivity contribution is 9.10. The van der Waals surface area contributed by atoms with Crippen molar-refractivity contribution in [3.63, 3.8) is 0 Å². The summed E-state index contributed by atoms with van der Waals surface area (Å²) in [6, 6.07) is 0.114. The van der Waals surface area contributed by atoms with Crippen molar-refractivity contribution < 1.29 is 0 Å². The second-order valence-electron chi connectivity index (χ2n) is 2.99. The normalized spacial score (nSPS) is 13.2. The minimum Gasteiger partial charge on any atom is -0.271 e. The van der Waals surface area contributed by atoms with Gasteiger partial charge in [-0.15, -0.1) is 0 Å². The van der Waals surface area contributed by atoms with Crippen molar-refractivity contribution in [2.75, 3.05) is 0 Å². The molecule has 1 aromatic heterocycles. The Labute approximate surface area is 86.6 Å². The van der Waals surface area contributed by atoms with Crippen molar-refractivity contribution in [1.29, 1.82) is 0 Å². The molecule has 0 radical (unpaired) electrons. The number of aryl methyl sites for hydroxylation is 1. The van der Waals surface area contributed by atoms with Crippen LogP contribution in [0.15, 0.2) is 10.7 Å². The van der Waals surface area contributed by atoms with Gasteiger partial charge in [-0.25, -0.2) is 0 Å². The maximum Gasteiger partial charge on any atom is 0.0706 e. The molecule has 0 bridgehead atoms. The molecule has 0 aliphatic rings. The summed E-state index contributed by atoms with van der Waals surface area (Å²) < 4.78 is 2.97. The van der Waals surface area contributed by atoms with E-state index < -0.39 is 0 Å². The number of nitrogens with zero attached hydrogens (tertiary/aromatic N) is 2. The van der Waals surface area contributed by atoms with E-state index in [1.165, 1.54) is 0 Å². The fraction of sp³-hybridized carbons (Fsp3) is 0.625. The molecular formula is C8H15BrN4. The zero-order chi connectivity index (χ0) is 9.84. The molecule has 74 valence electrons. The molecule has 0 fully saturated rings. The second-order valence-corrected chi connectivity index (χ2v) is 3.84. The lowest BCUT2D eigenvalue weighted by Gasteiger charge is -2.13. The van der Waals surface area contributed by atoms with Crippen LogP contribution in [0.5, 0.6) is 0 Å². The predicted octanol–water partition coefficient (Wildman–Crippen LogP) is 1.58. The molecule has 0 aromatic carbocycles. The van der Waals surface area contributed by atoms with Crippen LogP contribution in [0.25, 0.3) is 0 Å². The van der Waals surface area contributed by atoms with Gasteiger partial charge in [-0.3, -0.25) is 16.0 Å². The summed E-state index contributed by atoms with van der Waals surface area (Å²) in [6.07, 6.45) is 2.87. The van der Waals surface area contributed by atoms with E-state index in [1.807, 2.05) is 11.6 Å². The largest absolute Gasteiger partial charge is 0.271 e. The third-order valence-corrected chi connectivity index (χ3v) is 2.54. The molecular weight excluding hydrogens is 232 g/mol. The van der Waals surface area contributed by atoms with E-state index in [9.17, 15) is 0 Å². The van der Waals surface area contributed by atoms with Gasteiger partial charge in [-0.05, 0) is 29.3 Å². The third kappa shape index (κ3) is 2.30. The van der Waals surface area contributed by atoms with E-state index in [2.05, 4.69) is 33.4 Å². The van der Waals surface area contributed by atoms with Gasteiger partial charge >= 0.3 is 0 Å². The Balaban J connectivity index is 2.93. The summed E-state index contributed by atoms with van der Waals surface area (Å²) in [5.74, 6) is 5.39. The lowest BCUT2D eigenvalue weighted by molar-refractivity contribution is 0.503. The molecule has 1 heterocycles. The first-order valence-corrected chi connectivity index (χ1v) is 5.17. The Morgan fingerprint density at radius 3 is 3.00 bits per heavy atom. The molecule has 0 spiro atoms. The summed E-state index contributed by atoms with van der Waals surface area (Å²) in [7, 11) is 0. The standard InChI is InChI=1S/C8H15BrN4/c1-3-4-13-8(6(2)12-10)7(9)5-11-13/h5-6,12H,3-4,10H2,1-2H3. The van der Waals surface area contributed by atoms with Crippen molar-refractivity contribution in [3.05, 3.63) is 16.4 Å². The Morgan fingerprint density at radius 1 is 1.77 bits per heavy atom. The SMILES string of the molecule is CCCn1ncc(Br)c1C(C)NN. The summed E-state index contributed by atoms with van der Waals surface area (Å²) in [5, 5.41) is 4.25. The lowest BCUT2D eigenvalue weighted by Crippen LogP contribution is -2.28. The Hall–Kier alpha value is -0.390. The van der Waals surface area contributed by atoms with Crippen LogP contribution in [0.1, 0.15) is 32.0 Å². The van der Waals surface area contributed by atoms with E-state index in [1.54, 1.807) is 6.20 Å². The topological polar surface area (TPSA) is 55.9 Å². The fourth-order valence-corrected chi connectivity index (χ4v) is 1.91. The fourth-order valence-electron chi connectivity index (χ4n) is 1.27. The van der Waals surface area contributed by atoms with E-state index in [0.29, 0.717) is 0 Å². The summed E-state index contributed by atoms with van der Waals surface area (Å²) in [5.41, 5.74) is 3.82. The number of nitrogens with one attached hydrogen (secondary N) is 1. The van der Waals surface area contributed by atoms with Gasteiger partial charge in [-0.2, -0.15) is 5.10 Å². The highest BCUT2D eigenvalue weighted by atomic mass is 79.9. The van der Waals surface area contributed by atoms with E-state index >= 15 is 0 Å². The maximum atomic E-state index is 5.39.